The van der Waals surface area contributed by atoms with Gasteiger partial charge in [0.15, 0.2) is 0 Å². The standard InChI is InChI=1S/C15H18N2O3S/c1-9-17(13(8-21-9)15(19)20)14(18)12-6-10-4-2-3-5-11(10)7-16-12/h2-5,9,12-13,16H,6-8H2,1H3,(H,19,20). The number of aliphatic carboxylic acids is 1. The van der Waals surface area contributed by atoms with Crippen molar-refractivity contribution in [3.8, 4) is 0 Å². The third kappa shape index (κ3) is 2.65. The van der Waals surface area contributed by atoms with Crippen molar-refractivity contribution in [2.24, 2.45) is 0 Å². The second-order valence-corrected chi connectivity index (χ2v) is 6.79. The molecule has 0 aromatic heterocycles. The second-order valence-electron chi connectivity index (χ2n) is 5.44. The Hall–Kier alpha value is -1.53. The third-order valence-electron chi connectivity index (χ3n) is 4.14. The van der Waals surface area contributed by atoms with Crippen molar-refractivity contribution in [3.63, 3.8) is 0 Å². The largest absolute Gasteiger partial charge is 0.480 e. The minimum Gasteiger partial charge on any atom is -0.480 e. The van der Waals surface area contributed by atoms with E-state index in [1.54, 1.807) is 0 Å². The van der Waals surface area contributed by atoms with E-state index in [1.165, 1.54) is 27.8 Å². The van der Waals surface area contributed by atoms with Gasteiger partial charge in [-0.2, -0.15) is 0 Å². The molecule has 0 radical (unpaired) electrons. The first-order valence-electron chi connectivity index (χ1n) is 7.04. The van der Waals surface area contributed by atoms with E-state index in [0.29, 0.717) is 18.7 Å². The molecule has 1 aromatic rings. The lowest BCUT2D eigenvalue weighted by Crippen LogP contribution is -2.54. The molecular formula is C15H18N2O3S. The van der Waals surface area contributed by atoms with Crippen LogP contribution in [0.4, 0.5) is 0 Å². The number of nitrogens with one attached hydrogen (secondary N) is 1. The van der Waals surface area contributed by atoms with E-state index in [9.17, 15) is 14.7 Å². The number of carboxylic acids is 1. The minimum atomic E-state index is -0.920. The zero-order valence-electron chi connectivity index (χ0n) is 11.8. The van der Waals surface area contributed by atoms with Crippen molar-refractivity contribution < 1.29 is 14.7 Å². The van der Waals surface area contributed by atoms with Gasteiger partial charge in [0.1, 0.15) is 6.04 Å². The first-order chi connectivity index (χ1) is 10.1. The van der Waals surface area contributed by atoms with Gasteiger partial charge in [0.2, 0.25) is 5.91 Å². The number of hydrogen-bond acceptors (Lipinski definition) is 4. The van der Waals surface area contributed by atoms with Crippen LogP contribution < -0.4 is 5.32 Å². The number of fused-ring (bicyclic) bond motifs is 1. The summed E-state index contributed by atoms with van der Waals surface area (Å²) < 4.78 is 0. The van der Waals surface area contributed by atoms with Crippen molar-refractivity contribution in [2.75, 3.05) is 5.75 Å². The fourth-order valence-electron chi connectivity index (χ4n) is 2.98. The van der Waals surface area contributed by atoms with Gasteiger partial charge in [-0.3, -0.25) is 4.79 Å². The van der Waals surface area contributed by atoms with E-state index in [-0.39, 0.29) is 17.3 Å². The summed E-state index contributed by atoms with van der Waals surface area (Å²) in [6.45, 7) is 2.54. The molecule has 1 fully saturated rings. The average Bonchev–Trinajstić information content (AvgIpc) is 2.88. The zero-order chi connectivity index (χ0) is 15.0. The van der Waals surface area contributed by atoms with Crippen LogP contribution in [0.3, 0.4) is 0 Å². The first-order valence-corrected chi connectivity index (χ1v) is 8.09. The molecule has 0 spiro atoms. The number of nitrogens with zero attached hydrogens (tertiary/aromatic N) is 1. The lowest BCUT2D eigenvalue weighted by atomic mass is 9.95. The van der Waals surface area contributed by atoms with Gasteiger partial charge in [0.25, 0.3) is 0 Å². The molecule has 6 heteroatoms. The molecule has 1 amide bonds. The summed E-state index contributed by atoms with van der Waals surface area (Å²) in [6.07, 6.45) is 0.620. The Bertz CT molecular complexity index is 578. The van der Waals surface area contributed by atoms with E-state index in [1.807, 2.05) is 25.1 Å². The average molecular weight is 306 g/mol. The van der Waals surface area contributed by atoms with Gasteiger partial charge < -0.3 is 15.3 Å². The zero-order valence-corrected chi connectivity index (χ0v) is 12.6. The number of amides is 1. The highest BCUT2D eigenvalue weighted by molar-refractivity contribution is 8.00. The molecule has 0 saturated carbocycles. The second kappa shape index (κ2) is 5.69. The number of carboxylic acid groups (broad SMARTS) is 1. The quantitative estimate of drug-likeness (QED) is 0.855. The van der Waals surface area contributed by atoms with Crippen LogP contribution in [0.1, 0.15) is 18.1 Å². The van der Waals surface area contributed by atoms with Crippen LogP contribution >= 0.6 is 11.8 Å². The number of benzene rings is 1. The number of carbonyl (C=O) groups excluding carboxylic acids is 1. The molecule has 3 atom stereocenters. The summed E-state index contributed by atoms with van der Waals surface area (Å²) in [5, 5.41) is 12.4. The molecule has 2 N–H and O–H groups in total. The topological polar surface area (TPSA) is 69.6 Å². The highest BCUT2D eigenvalue weighted by Crippen LogP contribution is 2.30. The van der Waals surface area contributed by atoms with Crippen LogP contribution in [-0.4, -0.2) is 45.1 Å². The predicted octanol–water partition coefficient (Wildman–Crippen LogP) is 1.08. The summed E-state index contributed by atoms with van der Waals surface area (Å²) in [5.74, 6) is -0.559. The Morgan fingerprint density at radius 3 is 2.76 bits per heavy atom. The molecule has 0 aliphatic carbocycles. The van der Waals surface area contributed by atoms with Crippen molar-refractivity contribution in [3.05, 3.63) is 35.4 Å². The number of carbonyl (C=O) groups is 2. The maximum Gasteiger partial charge on any atom is 0.327 e. The SMILES string of the molecule is CC1SCC(C(=O)O)N1C(=O)C1Cc2ccccc2CN1. The Balaban J connectivity index is 1.78. The van der Waals surface area contributed by atoms with Gasteiger partial charge in [-0.25, -0.2) is 4.79 Å². The van der Waals surface area contributed by atoms with Crippen molar-refractivity contribution in [2.45, 2.75) is 37.3 Å². The summed E-state index contributed by atoms with van der Waals surface area (Å²) >= 11 is 1.52. The van der Waals surface area contributed by atoms with Gasteiger partial charge in [-0.05, 0) is 24.5 Å². The Morgan fingerprint density at radius 1 is 1.33 bits per heavy atom. The fraction of sp³-hybridized carbons (Fsp3) is 0.467. The molecule has 3 rings (SSSR count). The fourth-order valence-corrected chi connectivity index (χ4v) is 4.15. The van der Waals surface area contributed by atoms with Crippen LogP contribution in [0.15, 0.2) is 24.3 Å². The van der Waals surface area contributed by atoms with Crippen molar-refractivity contribution >= 4 is 23.6 Å². The maximum atomic E-state index is 12.7. The smallest absolute Gasteiger partial charge is 0.327 e. The van der Waals surface area contributed by atoms with Crippen LogP contribution in [-0.2, 0) is 22.6 Å². The number of thioether (sulfide) groups is 1. The highest BCUT2D eigenvalue weighted by atomic mass is 32.2. The Kier molecular flexibility index (Phi) is 3.91. The van der Waals surface area contributed by atoms with E-state index in [4.69, 9.17) is 0 Å². The van der Waals surface area contributed by atoms with Gasteiger partial charge in [-0.15, -0.1) is 11.8 Å². The van der Waals surface area contributed by atoms with Gasteiger partial charge >= 0.3 is 5.97 Å². The molecule has 2 heterocycles. The molecule has 112 valence electrons. The highest BCUT2D eigenvalue weighted by Gasteiger charge is 2.42. The molecule has 3 unspecified atom stereocenters. The van der Waals surface area contributed by atoms with E-state index in [0.717, 1.165) is 0 Å². The Morgan fingerprint density at radius 2 is 2.05 bits per heavy atom. The molecule has 5 nitrogen and oxygen atoms in total. The molecule has 21 heavy (non-hydrogen) atoms. The van der Waals surface area contributed by atoms with E-state index < -0.39 is 12.0 Å². The molecule has 2 aliphatic heterocycles. The summed E-state index contributed by atoms with van der Waals surface area (Å²) in [5.41, 5.74) is 2.38. The minimum absolute atomic E-state index is 0.0856. The Labute approximate surface area is 127 Å². The van der Waals surface area contributed by atoms with Crippen molar-refractivity contribution in [1.29, 1.82) is 0 Å². The van der Waals surface area contributed by atoms with E-state index in [2.05, 4.69) is 11.4 Å². The van der Waals surface area contributed by atoms with Crippen LogP contribution in [0.2, 0.25) is 0 Å². The van der Waals surface area contributed by atoms with Crippen LogP contribution in [0, 0.1) is 0 Å². The molecule has 1 saturated heterocycles. The number of rotatable bonds is 2. The summed E-state index contributed by atoms with van der Waals surface area (Å²) in [4.78, 5) is 25.6. The third-order valence-corrected chi connectivity index (χ3v) is 5.36. The summed E-state index contributed by atoms with van der Waals surface area (Å²) in [7, 11) is 0. The van der Waals surface area contributed by atoms with Gasteiger partial charge in [0, 0.05) is 12.3 Å². The van der Waals surface area contributed by atoms with Crippen LogP contribution in [0.5, 0.6) is 0 Å². The van der Waals surface area contributed by atoms with Crippen molar-refractivity contribution in [1.82, 2.24) is 10.2 Å². The summed E-state index contributed by atoms with van der Waals surface area (Å²) in [6, 6.07) is 7.01. The van der Waals surface area contributed by atoms with Crippen LogP contribution in [0.25, 0.3) is 0 Å². The number of hydrogen-bond donors (Lipinski definition) is 2. The van der Waals surface area contributed by atoms with Gasteiger partial charge in [-0.1, -0.05) is 24.3 Å². The molecule has 0 bridgehead atoms. The predicted molar refractivity (Wildman–Crippen MR) is 81.0 cm³/mol. The maximum absolute atomic E-state index is 12.7. The lowest BCUT2D eigenvalue weighted by Gasteiger charge is -2.32. The molecule has 1 aromatic carbocycles. The normalized spacial score (nSPS) is 28.2. The van der Waals surface area contributed by atoms with Gasteiger partial charge in [0.05, 0.1) is 11.4 Å². The monoisotopic (exact) mass is 306 g/mol. The lowest BCUT2D eigenvalue weighted by molar-refractivity contribution is -0.149. The molecular weight excluding hydrogens is 288 g/mol. The first kappa shape index (κ1) is 14.4. The van der Waals surface area contributed by atoms with E-state index >= 15 is 0 Å². The molecule has 2 aliphatic rings.